The topological polar surface area (TPSA) is 26.0 Å². The van der Waals surface area contributed by atoms with E-state index in [4.69, 9.17) is 5.73 Å². The van der Waals surface area contributed by atoms with Gasteiger partial charge < -0.3 is 5.73 Å². The molecule has 0 heterocycles. The minimum Gasteiger partial charge on any atom is -0.322 e. The first-order valence-electron chi connectivity index (χ1n) is 3.13. The molecule has 0 aromatic rings. The van der Waals surface area contributed by atoms with Gasteiger partial charge in [0.2, 0.25) is 0 Å². The summed E-state index contributed by atoms with van der Waals surface area (Å²) in [5.74, 6) is 0.691. The monoisotopic (exact) mass is 141 g/mol. The molecule has 2 N–H and O–H groups in total. The molecule has 9 heavy (non-hydrogen) atoms. The van der Waals surface area contributed by atoms with Crippen LogP contribution in [0.4, 0.5) is 0 Å². The number of rotatable bonds is 2. The molecule has 0 bridgehead atoms. The maximum atomic E-state index is 5.35. The summed E-state index contributed by atoms with van der Waals surface area (Å²) in [5, 5.41) is 0. The molecule has 0 spiro atoms. The average Bonchev–Trinajstić information content (AvgIpc) is 1.91. The molecule has 0 aromatic carbocycles. The third kappa shape index (κ3) is 2.24. The molecule has 1 aliphatic rings. The van der Waals surface area contributed by atoms with Crippen LogP contribution in [0.3, 0.4) is 0 Å². The fraction of sp³-hybridized carbons (Fsp3) is 0.429. The van der Waals surface area contributed by atoms with Crippen molar-refractivity contribution >= 4 is 11.8 Å². The lowest BCUT2D eigenvalue weighted by Crippen LogP contribution is -1.92. The van der Waals surface area contributed by atoms with E-state index >= 15 is 0 Å². The number of allylic oxidation sites excluding steroid dienone is 3. The molecule has 50 valence electrons. The Morgan fingerprint density at radius 3 is 3.00 bits per heavy atom. The Bertz CT molecular complexity index is 138. The zero-order chi connectivity index (χ0) is 6.53. The van der Waals surface area contributed by atoms with E-state index < -0.39 is 0 Å². The Kier molecular flexibility index (Phi) is 2.87. The Morgan fingerprint density at radius 2 is 2.44 bits per heavy atom. The Labute approximate surface area is 60.0 Å². The predicted molar refractivity (Wildman–Crippen MR) is 43.1 cm³/mol. The summed E-state index contributed by atoms with van der Waals surface area (Å²) in [5.41, 5.74) is 5.35. The van der Waals surface area contributed by atoms with Crippen molar-refractivity contribution in [2.24, 2.45) is 5.73 Å². The van der Waals surface area contributed by atoms with Gasteiger partial charge in [-0.15, -0.1) is 11.8 Å². The zero-order valence-corrected chi connectivity index (χ0v) is 6.16. The highest BCUT2D eigenvalue weighted by Crippen LogP contribution is 2.19. The summed E-state index contributed by atoms with van der Waals surface area (Å²) < 4.78 is 0. The summed E-state index contributed by atoms with van der Waals surface area (Å²) >= 11 is 1.70. The highest BCUT2D eigenvalue weighted by atomic mass is 32.2. The minimum absolute atomic E-state index is 0.691. The van der Waals surface area contributed by atoms with Crippen molar-refractivity contribution < 1.29 is 0 Å². The first kappa shape index (κ1) is 6.90. The van der Waals surface area contributed by atoms with Crippen LogP contribution in [0.5, 0.6) is 0 Å². The zero-order valence-electron chi connectivity index (χ0n) is 5.34. The molecule has 0 amide bonds. The number of hydrogen-bond donors (Lipinski definition) is 1. The van der Waals surface area contributed by atoms with Gasteiger partial charge in [0.25, 0.3) is 0 Å². The largest absolute Gasteiger partial charge is 0.322 e. The van der Waals surface area contributed by atoms with Crippen LogP contribution >= 0.6 is 11.8 Å². The lowest BCUT2D eigenvalue weighted by molar-refractivity contribution is 1.03. The number of thioether (sulfide) groups is 1. The van der Waals surface area contributed by atoms with E-state index in [1.807, 2.05) is 0 Å². The lowest BCUT2D eigenvalue weighted by Gasteiger charge is -2.02. The van der Waals surface area contributed by atoms with Crippen molar-refractivity contribution in [3.05, 3.63) is 23.1 Å². The summed E-state index contributed by atoms with van der Waals surface area (Å²) in [6.45, 7) is 0. The van der Waals surface area contributed by atoms with Crippen molar-refractivity contribution in [3.63, 3.8) is 0 Å². The molecule has 0 aromatic heterocycles. The molecule has 0 saturated carbocycles. The average molecular weight is 141 g/mol. The van der Waals surface area contributed by atoms with Crippen LogP contribution in [-0.4, -0.2) is 5.88 Å². The van der Waals surface area contributed by atoms with Gasteiger partial charge in [-0.1, -0.05) is 18.2 Å². The van der Waals surface area contributed by atoms with Crippen LogP contribution in [0.15, 0.2) is 23.1 Å². The van der Waals surface area contributed by atoms with Crippen molar-refractivity contribution in [2.45, 2.75) is 12.8 Å². The van der Waals surface area contributed by atoms with Gasteiger partial charge in [-0.25, -0.2) is 0 Å². The van der Waals surface area contributed by atoms with Gasteiger partial charge in [0.15, 0.2) is 0 Å². The smallest absolute Gasteiger partial charge is 0.0440 e. The first-order valence-corrected chi connectivity index (χ1v) is 4.11. The van der Waals surface area contributed by atoms with Gasteiger partial charge in [-0.2, -0.15) is 0 Å². The van der Waals surface area contributed by atoms with E-state index in [0.29, 0.717) is 5.88 Å². The molecular weight excluding hydrogens is 130 g/mol. The lowest BCUT2D eigenvalue weighted by atomic mass is 10.2. The van der Waals surface area contributed by atoms with E-state index in [0.717, 1.165) is 0 Å². The fourth-order valence-electron chi connectivity index (χ4n) is 0.793. The molecule has 0 atom stereocenters. The van der Waals surface area contributed by atoms with E-state index in [9.17, 15) is 0 Å². The molecular formula is C7H11NS. The van der Waals surface area contributed by atoms with Crippen molar-refractivity contribution in [1.82, 2.24) is 0 Å². The minimum atomic E-state index is 0.691. The van der Waals surface area contributed by atoms with Crippen LogP contribution in [0.1, 0.15) is 12.8 Å². The van der Waals surface area contributed by atoms with Crippen LogP contribution in [0.2, 0.25) is 0 Å². The van der Waals surface area contributed by atoms with Crippen molar-refractivity contribution in [1.29, 1.82) is 0 Å². The molecule has 1 rings (SSSR count). The third-order valence-electron chi connectivity index (χ3n) is 1.21. The Hall–Kier alpha value is -0.210. The molecule has 0 aliphatic heterocycles. The van der Waals surface area contributed by atoms with Crippen molar-refractivity contribution in [3.8, 4) is 0 Å². The summed E-state index contributed by atoms with van der Waals surface area (Å²) in [7, 11) is 0. The van der Waals surface area contributed by atoms with E-state index in [1.54, 1.807) is 11.8 Å². The van der Waals surface area contributed by atoms with Gasteiger partial charge in [0, 0.05) is 10.8 Å². The van der Waals surface area contributed by atoms with E-state index in [1.165, 1.54) is 17.7 Å². The standard InChI is InChI=1S/C7H11NS/c8-6-9-7-4-2-1-3-5-7/h2,4-5H,1,3,6,8H2. The predicted octanol–water partition coefficient (Wildman–Crippen LogP) is 1.87. The van der Waals surface area contributed by atoms with Crippen LogP contribution < -0.4 is 5.73 Å². The van der Waals surface area contributed by atoms with Crippen LogP contribution in [-0.2, 0) is 0 Å². The molecule has 0 unspecified atom stereocenters. The van der Waals surface area contributed by atoms with Gasteiger partial charge in [0.05, 0.1) is 0 Å². The Morgan fingerprint density at radius 1 is 1.56 bits per heavy atom. The molecule has 0 fully saturated rings. The van der Waals surface area contributed by atoms with Gasteiger partial charge in [-0.3, -0.25) is 0 Å². The van der Waals surface area contributed by atoms with Crippen LogP contribution in [0, 0.1) is 0 Å². The molecule has 2 heteroatoms. The third-order valence-corrected chi connectivity index (χ3v) is 2.01. The second kappa shape index (κ2) is 3.75. The number of nitrogens with two attached hydrogens (primary N) is 1. The maximum absolute atomic E-state index is 5.35. The molecule has 1 aliphatic carbocycles. The quantitative estimate of drug-likeness (QED) is 0.594. The first-order chi connectivity index (χ1) is 4.43. The van der Waals surface area contributed by atoms with Gasteiger partial charge >= 0.3 is 0 Å². The molecule has 1 nitrogen and oxygen atoms in total. The number of hydrogen-bond acceptors (Lipinski definition) is 2. The summed E-state index contributed by atoms with van der Waals surface area (Å²) in [4.78, 5) is 1.32. The SMILES string of the molecule is NCSC1=CCCC=C1. The fourth-order valence-corrected chi connectivity index (χ4v) is 1.41. The normalized spacial score (nSPS) is 17.7. The molecule has 0 saturated heterocycles. The summed E-state index contributed by atoms with van der Waals surface area (Å²) in [6, 6.07) is 0. The highest BCUT2D eigenvalue weighted by Gasteiger charge is 1.94. The maximum Gasteiger partial charge on any atom is 0.0440 e. The van der Waals surface area contributed by atoms with E-state index in [-0.39, 0.29) is 0 Å². The van der Waals surface area contributed by atoms with Gasteiger partial charge in [-0.05, 0) is 12.8 Å². The van der Waals surface area contributed by atoms with Crippen molar-refractivity contribution in [2.75, 3.05) is 5.88 Å². The molecule has 0 radical (unpaired) electrons. The summed E-state index contributed by atoms with van der Waals surface area (Å²) in [6.07, 6.45) is 8.93. The Balaban J connectivity index is 2.38. The second-order valence-corrected chi connectivity index (χ2v) is 2.99. The van der Waals surface area contributed by atoms with E-state index in [2.05, 4.69) is 18.2 Å². The second-order valence-electron chi connectivity index (χ2n) is 1.90. The van der Waals surface area contributed by atoms with Crippen LogP contribution in [0.25, 0.3) is 0 Å². The van der Waals surface area contributed by atoms with Gasteiger partial charge in [0.1, 0.15) is 0 Å². The highest BCUT2D eigenvalue weighted by molar-refractivity contribution is 8.03.